The van der Waals surface area contributed by atoms with Gasteiger partial charge in [-0.05, 0) is 92.9 Å². The number of furan rings is 1. The summed E-state index contributed by atoms with van der Waals surface area (Å²) in [5.41, 5.74) is 15.5. The van der Waals surface area contributed by atoms with Crippen LogP contribution in [0.25, 0.3) is 93.7 Å². The van der Waals surface area contributed by atoms with E-state index in [1.54, 1.807) is 0 Å². The van der Waals surface area contributed by atoms with E-state index in [9.17, 15) is 0 Å². The van der Waals surface area contributed by atoms with Gasteiger partial charge in [-0.15, -0.1) is 11.3 Å². The highest BCUT2D eigenvalue weighted by Crippen LogP contribution is 2.55. The lowest BCUT2D eigenvalue weighted by Gasteiger charge is -2.15. The van der Waals surface area contributed by atoms with Gasteiger partial charge in [0.05, 0.1) is 0 Å². The zero-order valence-electron chi connectivity index (χ0n) is 23.6. The van der Waals surface area contributed by atoms with Gasteiger partial charge in [-0.25, -0.2) is 0 Å². The number of hydrogen-bond donors (Lipinski definition) is 0. The van der Waals surface area contributed by atoms with Crippen LogP contribution < -0.4 is 0 Å². The van der Waals surface area contributed by atoms with Gasteiger partial charge in [0.25, 0.3) is 0 Å². The summed E-state index contributed by atoms with van der Waals surface area (Å²) < 4.78 is 7.76. The van der Waals surface area contributed by atoms with Gasteiger partial charge in [0, 0.05) is 31.3 Å². The number of hydrogen-bond acceptors (Lipinski definition) is 2. The minimum atomic E-state index is 0.933. The molecule has 1 nitrogen and oxygen atoms in total. The van der Waals surface area contributed by atoms with Crippen molar-refractivity contribution in [3.8, 4) is 55.6 Å². The summed E-state index contributed by atoms with van der Waals surface area (Å²) in [4.78, 5) is 1.21. The number of rotatable bonds is 4. The normalized spacial score (nSPS) is 11.9. The Morgan fingerprint density at radius 3 is 2.00 bits per heavy atom. The van der Waals surface area contributed by atoms with E-state index < -0.39 is 0 Å². The van der Waals surface area contributed by atoms with Crippen LogP contribution in [0.15, 0.2) is 132 Å². The fourth-order valence-corrected chi connectivity index (χ4v) is 8.11. The Bertz CT molecular complexity index is 2420. The Kier molecular flexibility index (Phi) is 5.20. The van der Waals surface area contributed by atoms with Crippen molar-refractivity contribution in [3.63, 3.8) is 0 Å². The van der Waals surface area contributed by atoms with Crippen LogP contribution in [0.4, 0.5) is 0 Å². The molecule has 0 unspecified atom stereocenters. The molecule has 9 rings (SSSR count). The second-order valence-electron chi connectivity index (χ2n) is 11.3. The largest absolute Gasteiger partial charge is 0.456 e. The van der Waals surface area contributed by atoms with E-state index in [0.717, 1.165) is 11.2 Å². The molecule has 2 heteroatoms. The molecule has 0 fully saturated rings. The van der Waals surface area contributed by atoms with Crippen LogP contribution in [0, 0.1) is 6.92 Å². The molecule has 202 valence electrons. The summed E-state index contributed by atoms with van der Waals surface area (Å²) >= 11 is 1.83. The molecule has 2 heterocycles. The fourth-order valence-electron chi connectivity index (χ4n) is 7.04. The summed E-state index contributed by atoms with van der Waals surface area (Å²) in [6, 6.07) is 43.9. The highest BCUT2D eigenvalue weighted by atomic mass is 32.1. The Hall–Kier alpha value is -5.18. The molecule has 0 bridgehead atoms. The molecular weight excluding hydrogens is 541 g/mol. The first-order chi connectivity index (χ1) is 21.2. The lowest BCUT2D eigenvalue weighted by atomic mass is 9.88. The quantitative estimate of drug-likeness (QED) is 0.206. The molecule has 0 spiro atoms. The third-order valence-corrected chi connectivity index (χ3v) is 10.1. The molecule has 1 aliphatic carbocycles. The van der Waals surface area contributed by atoms with E-state index in [0.29, 0.717) is 0 Å². The van der Waals surface area contributed by atoms with Crippen molar-refractivity contribution in [2.45, 2.75) is 6.92 Å². The monoisotopic (exact) mass is 566 g/mol. The van der Waals surface area contributed by atoms with Gasteiger partial charge >= 0.3 is 0 Å². The molecule has 0 amide bonds. The minimum absolute atomic E-state index is 0.933. The molecule has 0 atom stereocenters. The van der Waals surface area contributed by atoms with Crippen molar-refractivity contribution < 1.29 is 4.42 Å². The second-order valence-corrected chi connectivity index (χ2v) is 12.4. The Morgan fingerprint density at radius 2 is 1.21 bits per heavy atom. The maximum absolute atomic E-state index is 6.47. The average Bonchev–Trinajstić information content (AvgIpc) is 3.59. The zero-order valence-corrected chi connectivity index (χ0v) is 24.5. The lowest BCUT2D eigenvalue weighted by molar-refractivity contribution is 0.669. The lowest BCUT2D eigenvalue weighted by Crippen LogP contribution is -1.89. The van der Waals surface area contributed by atoms with E-state index in [4.69, 9.17) is 4.42 Å². The molecular formula is C41H26OS. The first-order valence-electron chi connectivity index (χ1n) is 14.6. The standard InChI is InChI=1S/C41H26OS/c1-3-34-40-36-24(2)18-20-33-39(36)38-31(16-9-17-32(38)42-33)37-30(19-21-35(43-34)41(37)40)29-15-8-14-28(23-29)27-13-7-12-26(22-27)25-10-5-4-6-11-25/h3-23H,1H2,2H3. The topological polar surface area (TPSA) is 13.1 Å². The van der Waals surface area contributed by atoms with Crippen molar-refractivity contribution in [2.24, 2.45) is 0 Å². The maximum atomic E-state index is 6.47. The molecule has 1 aliphatic rings. The Balaban J connectivity index is 1.34. The zero-order chi connectivity index (χ0) is 28.7. The third kappa shape index (κ3) is 3.51. The van der Waals surface area contributed by atoms with E-state index in [-0.39, 0.29) is 0 Å². The van der Waals surface area contributed by atoms with Gasteiger partial charge in [-0.3, -0.25) is 0 Å². The molecule has 0 saturated carbocycles. The van der Waals surface area contributed by atoms with Gasteiger partial charge in [0.1, 0.15) is 11.2 Å². The average molecular weight is 567 g/mol. The van der Waals surface area contributed by atoms with Gasteiger partial charge in [-0.2, -0.15) is 0 Å². The number of aryl methyl sites for hydroxylation is 1. The predicted octanol–water partition coefficient (Wildman–Crippen LogP) is 12.4. The minimum Gasteiger partial charge on any atom is -0.456 e. The third-order valence-electron chi connectivity index (χ3n) is 8.94. The van der Waals surface area contributed by atoms with E-state index in [1.807, 2.05) is 17.4 Å². The van der Waals surface area contributed by atoms with Crippen molar-refractivity contribution in [3.05, 3.63) is 138 Å². The number of thiophene rings is 1. The summed E-state index contributed by atoms with van der Waals surface area (Å²) in [6.07, 6.45) is 2.02. The molecule has 2 aromatic heterocycles. The van der Waals surface area contributed by atoms with Crippen LogP contribution in [0.3, 0.4) is 0 Å². The van der Waals surface area contributed by atoms with Crippen LogP contribution in [-0.2, 0) is 0 Å². The van der Waals surface area contributed by atoms with Gasteiger partial charge in [-0.1, -0.05) is 104 Å². The van der Waals surface area contributed by atoms with E-state index in [1.165, 1.54) is 86.9 Å². The molecule has 43 heavy (non-hydrogen) atoms. The first kappa shape index (κ1) is 24.4. The molecule has 0 radical (unpaired) electrons. The maximum Gasteiger partial charge on any atom is 0.136 e. The SMILES string of the molecule is C=Cc1sc2ccc(-c3cccc(-c4cccc(-c5ccccc5)c4)c3)c3c2c1-c1c(C)ccc2oc4cccc-3c4c12. The van der Waals surface area contributed by atoms with Gasteiger partial charge < -0.3 is 4.42 Å². The summed E-state index contributed by atoms with van der Waals surface area (Å²) in [5.74, 6) is 0. The van der Waals surface area contributed by atoms with Crippen molar-refractivity contribution in [1.82, 2.24) is 0 Å². The van der Waals surface area contributed by atoms with Crippen LogP contribution in [-0.4, -0.2) is 0 Å². The second kappa shape index (κ2) is 9.16. The van der Waals surface area contributed by atoms with Crippen LogP contribution in [0.1, 0.15) is 10.4 Å². The smallest absolute Gasteiger partial charge is 0.136 e. The van der Waals surface area contributed by atoms with Crippen LogP contribution in [0.5, 0.6) is 0 Å². The molecule has 6 aromatic carbocycles. The van der Waals surface area contributed by atoms with Gasteiger partial charge in [0.15, 0.2) is 0 Å². The first-order valence-corrected chi connectivity index (χ1v) is 15.4. The van der Waals surface area contributed by atoms with E-state index in [2.05, 4.69) is 135 Å². The van der Waals surface area contributed by atoms with Crippen molar-refractivity contribution in [1.29, 1.82) is 0 Å². The van der Waals surface area contributed by atoms with Crippen LogP contribution in [0.2, 0.25) is 0 Å². The highest BCUT2D eigenvalue weighted by molar-refractivity contribution is 7.20. The predicted molar refractivity (Wildman–Crippen MR) is 185 cm³/mol. The number of benzene rings is 6. The van der Waals surface area contributed by atoms with Crippen molar-refractivity contribution in [2.75, 3.05) is 0 Å². The summed E-state index contributed by atoms with van der Waals surface area (Å²) in [7, 11) is 0. The molecule has 0 N–H and O–H groups in total. The van der Waals surface area contributed by atoms with Gasteiger partial charge in [0.2, 0.25) is 0 Å². The highest BCUT2D eigenvalue weighted by Gasteiger charge is 2.29. The number of fused-ring (bicyclic) bond motifs is 2. The summed E-state index contributed by atoms with van der Waals surface area (Å²) in [5, 5.41) is 3.73. The summed E-state index contributed by atoms with van der Waals surface area (Å²) in [6.45, 7) is 6.46. The Morgan fingerprint density at radius 1 is 0.535 bits per heavy atom. The van der Waals surface area contributed by atoms with Crippen LogP contribution >= 0.6 is 11.3 Å². The molecule has 8 aromatic rings. The van der Waals surface area contributed by atoms with E-state index >= 15 is 0 Å². The molecule has 0 aliphatic heterocycles. The fraction of sp³-hybridized carbons (Fsp3) is 0.0244. The Labute approximate surface area is 254 Å². The molecule has 0 saturated heterocycles. The van der Waals surface area contributed by atoms with Crippen molar-refractivity contribution >= 4 is 49.4 Å².